The fourth-order valence-electron chi connectivity index (χ4n) is 1.63. The molecule has 0 spiro atoms. The number of aliphatic hydroxyl groups excluding tert-OH is 1. The lowest BCUT2D eigenvalue weighted by molar-refractivity contribution is -0.132. The van der Waals surface area contributed by atoms with E-state index in [1.54, 1.807) is 19.1 Å². The average Bonchev–Trinajstić information content (AvgIpc) is 2.40. The second kappa shape index (κ2) is 4.24. The third kappa shape index (κ3) is 2.12. The highest BCUT2D eigenvalue weighted by molar-refractivity contribution is 5.92. The van der Waals surface area contributed by atoms with E-state index in [1.165, 1.54) is 0 Å². The normalized spacial score (nSPS) is 25.9. The van der Waals surface area contributed by atoms with Crippen LogP contribution in [-0.4, -0.2) is 22.3 Å². The van der Waals surface area contributed by atoms with Crippen molar-refractivity contribution in [1.29, 1.82) is 0 Å². The molecule has 0 saturated heterocycles. The number of hydrogen-bond donors (Lipinski definition) is 2. The Morgan fingerprint density at radius 3 is 2.57 bits per heavy atom. The van der Waals surface area contributed by atoms with Gasteiger partial charge in [0.2, 0.25) is 0 Å². The summed E-state index contributed by atoms with van der Waals surface area (Å²) in [6.07, 6.45) is 3.61. The van der Waals surface area contributed by atoms with Crippen molar-refractivity contribution in [1.82, 2.24) is 0 Å². The van der Waals surface area contributed by atoms with Crippen LogP contribution in [0.25, 0.3) is 0 Å². The molecule has 0 aromatic carbocycles. The first-order valence-electron chi connectivity index (χ1n) is 4.51. The molecule has 2 N–H and O–H groups in total. The third-order valence-electron chi connectivity index (χ3n) is 2.24. The van der Waals surface area contributed by atoms with Crippen LogP contribution in [0.5, 0.6) is 0 Å². The summed E-state index contributed by atoms with van der Waals surface area (Å²) in [6.45, 7) is 5.52. The van der Waals surface area contributed by atoms with Crippen LogP contribution in [0.2, 0.25) is 0 Å². The van der Waals surface area contributed by atoms with Crippen LogP contribution in [0.1, 0.15) is 19.8 Å². The van der Waals surface area contributed by atoms with E-state index < -0.39 is 12.1 Å². The molecule has 0 radical (unpaired) electrons. The van der Waals surface area contributed by atoms with E-state index in [0.29, 0.717) is 18.4 Å². The van der Waals surface area contributed by atoms with Gasteiger partial charge in [0.05, 0.1) is 11.7 Å². The Balaban J connectivity index is 3.10. The van der Waals surface area contributed by atoms with Gasteiger partial charge in [-0.15, -0.1) is 0 Å². The van der Waals surface area contributed by atoms with E-state index in [4.69, 9.17) is 5.11 Å². The van der Waals surface area contributed by atoms with Gasteiger partial charge in [0.25, 0.3) is 0 Å². The topological polar surface area (TPSA) is 57.5 Å². The van der Waals surface area contributed by atoms with Gasteiger partial charge in [-0.3, -0.25) is 0 Å². The highest BCUT2D eigenvalue weighted by Gasteiger charge is 2.24. The Bertz CT molecular complexity index is 323. The summed E-state index contributed by atoms with van der Waals surface area (Å²) in [5.41, 5.74) is 1.64. The van der Waals surface area contributed by atoms with Crippen LogP contribution in [0.3, 0.4) is 0 Å². The standard InChI is InChI=1S/C11H14O3/c1-3-4-9(11(13)14)10-6-8(12)5-7(10)2/h3-4,8,12H,2,5-6H2,1H3,(H,13,14)/b4-3-,10-9+. The molecule has 76 valence electrons. The molecule has 0 aliphatic heterocycles. The summed E-state index contributed by atoms with van der Waals surface area (Å²) in [5, 5.41) is 18.3. The number of aliphatic carboxylic acids is 1. The van der Waals surface area contributed by atoms with Gasteiger partial charge in [-0.05, 0) is 30.9 Å². The number of rotatable bonds is 2. The molecule has 0 bridgehead atoms. The van der Waals surface area contributed by atoms with Gasteiger partial charge in [0.15, 0.2) is 0 Å². The van der Waals surface area contributed by atoms with Crippen molar-refractivity contribution >= 4 is 5.97 Å². The van der Waals surface area contributed by atoms with Crippen LogP contribution in [0.15, 0.2) is 35.5 Å². The van der Waals surface area contributed by atoms with Gasteiger partial charge in [-0.25, -0.2) is 4.79 Å². The van der Waals surface area contributed by atoms with E-state index in [9.17, 15) is 9.90 Å². The predicted molar refractivity (Wildman–Crippen MR) is 53.9 cm³/mol. The molecule has 1 aliphatic rings. The zero-order valence-corrected chi connectivity index (χ0v) is 8.16. The first-order valence-corrected chi connectivity index (χ1v) is 4.51. The Kier molecular flexibility index (Phi) is 3.25. The van der Waals surface area contributed by atoms with Crippen molar-refractivity contribution in [3.8, 4) is 0 Å². The Morgan fingerprint density at radius 2 is 2.21 bits per heavy atom. The summed E-state index contributed by atoms with van der Waals surface area (Å²) >= 11 is 0. The molecule has 1 unspecified atom stereocenters. The van der Waals surface area contributed by atoms with Crippen LogP contribution in [0.4, 0.5) is 0 Å². The smallest absolute Gasteiger partial charge is 0.335 e. The van der Waals surface area contributed by atoms with Gasteiger partial charge < -0.3 is 10.2 Å². The highest BCUT2D eigenvalue weighted by Crippen LogP contribution is 2.32. The van der Waals surface area contributed by atoms with Crippen LogP contribution in [-0.2, 0) is 4.79 Å². The van der Waals surface area contributed by atoms with Gasteiger partial charge in [0, 0.05) is 0 Å². The fourth-order valence-corrected chi connectivity index (χ4v) is 1.63. The Labute approximate surface area is 83.1 Å². The SMILES string of the molecule is C=C1CC(O)C/C1=C(/C=C\C)C(=O)O. The lowest BCUT2D eigenvalue weighted by atomic mass is 10.0. The monoisotopic (exact) mass is 194 g/mol. The molecule has 3 heteroatoms. The summed E-state index contributed by atoms with van der Waals surface area (Å²) in [5.74, 6) is -0.964. The molecule has 0 heterocycles. The lowest BCUT2D eigenvalue weighted by Crippen LogP contribution is -2.02. The lowest BCUT2D eigenvalue weighted by Gasteiger charge is -2.02. The van der Waals surface area contributed by atoms with Crippen molar-refractivity contribution in [2.45, 2.75) is 25.9 Å². The highest BCUT2D eigenvalue weighted by atomic mass is 16.4. The minimum atomic E-state index is -0.964. The first kappa shape index (κ1) is 10.7. The van der Waals surface area contributed by atoms with Gasteiger partial charge >= 0.3 is 5.97 Å². The summed E-state index contributed by atoms with van der Waals surface area (Å²) in [7, 11) is 0. The number of carboxylic acid groups (broad SMARTS) is 1. The van der Waals surface area contributed by atoms with E-state index in [2.05, 4.69) is 6.58 Å². The molecule has 0 aromatic rings. The van der Waals surface area contributed by atoms with Crippen molar-refractivity contribution in [3.05, 3.63) is 35.5 Å². The van der Waals surface area contributed by atoms with E-state index in [1.807, 2.05) is 0 Å². The number of carboxylic acids is 1. The molecule has 1 saturated carbocycles. The Hall–Kier alpha value is -1.35. The molecule has 1 aliphatic carbocycles. The van der Waals surface area contributed by atoms with E-state index in [0.717, 1.165) is 5.57 Å². The molecule has 3 nitrogen and oxygen atoms in total. The maximum Gasteiger partial charge on any atom is 0.335 e. The van der Waals surface area contributed by atoms with Crippen molar-refractivity contribution in [2.75, 3.05) is 0 Å². The number of carbonyl (C=O) groups is 1. The minimum Gasteiger partial charge on any atom is -0.478 e. The third-order valence-corrected chi connectivity index (χ3v) is 2.24. The van der Waals surface area contributed by atoms with Gasteiger partial charge in [-0.2, -0.15) is 0 Å². The van der Waals surface area contributed by atoms with Gasteiger partial charge in [0.1, 0.15) is 0 Å². The molecular weight excluding hydrogens is 180 g/mol. The summed E-state index contributed by atoms with van der Waals surface area (Å²) < 4.78 is 0. The summed E-state index contributed by atoms with van der Waals surface area (Å²) in [6, 6.07) is 0. The fraction of sp³-hybridized carbons (Fsp3) is 0.364. The molecule has 1 rings (SSSR count). The maximum absolute atomic E-state index is 10.9. The minimum absolute atomic E-state index is 0.244. The predicted octanol–water partition coefficient (Wildman–Crippen LogP) is 1.65. The second-order valence-corrected chi connectivity index (χ2v) is 3.36. The number of allylic oxidation sites excluding steroid dienone is 1. The average molecular weight is 194 g/mol. The number of hydrogen-bond acceptors (Lipinski definition) is 2. The van der Waals surface area contributed by atoms with Crippen LogP contribution < -0.4 is 0 Å². The quantitative estimate of drug-likeness (QED) is 0.657. The zero-order chi connectivity index (χ0) is 10.7. The second-order valence-electron chi connectivity index (χ2n) is 3.36. The van der Waals surface area contributed by atoms with Crippen molar-refractivity contribution < 1.29 is 15.0 Å². The molecule has 1 atom stereocenters. The van der Waals surface area contributed by atoms with Crippen molar-refractivity contribution in [3.63, 3.8) is 0 Å². The molecular formula is C11H14O3. The van der Waals surface area contributed by atoms with Gasteiger partial charge in [-0.1, -0.05) is 18.7 Å². The summed E-state index contributed by atoms with van der Waals surface area (Å²) in [4.78, 5) is 10.9. The molecule has 0 aromatic heterocycles. The number of aliphatic hydroxyl groups is 1. The molecule has 14 heavy (non-hydrogen) atoms. The zero-order valence-electron chi connectivity index (χ0n) is 8.16. The van der Waals surface area contributed by atoms with E-state index in [-0.39, 0.29) is 5.57 Å². The molecule has 0 amide bonds. The molecule has 1 fully saturated rings. The van der Waals surface area contributed by atoms with E-state index >= 15 is 0 Å². The first-order chi connectivity index (χ1) is 6.56. The van der Waals surface area contributed by atoms with Crippen LogP contribution in [0, 0.1) is 0 Å². The maximum atomic E-state index is 10.9. The van der Waals surface area contributed by atoms with Crippen LogP contribution >= 0.6 is 0 Å². The largest absolute Gasteiger partial charge is 0.478 e. The van der Waals surface area contributed by atoms with Crippen molar-refractivity contribution in [2.24, 2.45) is 0 Å². The Morgan fingerprint density at radius 1 is 1.57 bits per heavy atom.